The van der Waals surface area contributed by atoms with Crippen LogP contribution in [-0.2, 0) is 20.9 Å². The van der Waals surface area contributed by atoms with Gasteiger partial charge in [0, 0.05) is 6.54 Å². The van der Waals surface area contributed by atoms with Gasteiger partial charge in [-0.25, -0.2) is 5.43 Å². The van der Waals surface area contributed by atoms with E-state index in [1.54, 1.807) is 48.5 Å². The van der Waals surface area contributed by atoms with Crippen molar-refractivity contribution in [2.75, 3.05) is 11.9 Å². The van der Waals surface area contributed by atoms with Gasteiger partial charge < -0.3 is 15.4 Å². The van der Waals surface area contributed by atoms with Gasteiger partial charge in [0.25, 0.3) is 5.91 Å². The summed E-state index contributed by atoms with van der Waals surface area (Å²) in [6, 6.07) is 21.5. The van der Waals surface area contributed by atoms with Crippen LogP contribution in [-0.4, -0.2) is 30.5 Å². The zero-order valence-corrected chi connectivity index (χ0v) is 20.7. The van der Waals surface area contributed by atoms with E-state index in [9.17, 15) is 14.4 Å². The first-order chi connectivity index (χ1) is 17.3. The van der Waals surface area contributed by atoms with Crippen molar-refractivity contribution in [1.29, 1.82) is 0 Å². The van der Waals surface area contributed by atoms with E-state index in [0.717, 1.165) is 5.56 Å². The minimum Gasteiger partial charge on any atom is -0.484 e. The second kappa shape index (κ2) is 13.1. The number of ether oxygens (including phenoxy) is 1. The Kier molecular flexibility index (Phi) is 9.59. The number of hydrogen-bond acceptors (Lipinski definition) is 5. The second-order valence-corrected chi connectivity index (χ2v) is 8.57. The van der Waals surface area contributed by atoms with Gasteiger partial charge in [-0.1, -0.05) is 74.0 Å². The van der Waals surface area contributed by atoms with E-state index in [1.807, 2.05) is 24.3 Å². The van der Waals surface area contributed by atoms with Crippen LogP contribution in [0.3, 0.4) is 0 Å². The summed E-state index contributed by atoms with van der Waals surface area (Å²) in [7, 11) is 0. The molecule has 0 aliphatic heterocycles. The predicted molar refractivity (Wildman–Crippen MR) is 140 cm³/mol. The number of hydrazone groups is 1. The summed E-state index contributed by atoms with van der Waals surface area (Å²) in [4.78, 5) is 36.1. The lowest BCUT2D eigenvalue weighted by Crippen LogP contribution is -2.37. The predicted octanol–water partition coefficient (Wildman–Crippen LogP) is 4.25. The number of nitrogens with zero attached hydrogens (tertiary/aromatic N) is 1. The highest BCUT2D eigenvalue weighted by Gasteiger charge is 2.12. The molecule has 0 heterocycles. The first-order valence-corrected chi connectivity index (χ1v) is 11.7. The second-order valence-electron chi connectivity index (χ2n) is 8.17. The number of amides is 3. The van der Waals surface area contributed by atoms with Gasteiger partial charge in [-0.3, -0.25) is 14.4 Å². The molecule has 8 nitrogen and oxygen atoms in total. The molecule has 0 unspecified atom stereocenters. The summed E-state index contributed by atoms with van der Waals surface area (Å²) in [6.45, 7) is 4.22. The Morgan fingerprint density at radius 1 is 0.972 bits per heavy atom. The summed E-state index contributed by atoms with van der Waals surface area (Å²) in [5.74, 6) is -1.18. The van der Waals surface area contributed by atoms with Gasteiger partial charge in [-0.15, -0.1) is 0 Å². The Labute approximate surface area is 214 Å². The van der Waals surface area contributed by atoms with Crippen molar-refractivity contribution in [1.82, 2.24) is 10.7 Å². The molecule has 3 aromatic carbocycles. The summed E-state index contributed by atoms with van der Waals surface area (Å²) in [5, 5.41) is 9.48. The first-order valence-electron chi connectivity index (χ1n) is 11.3. The number of hydrogen-bond donors (Lipinski definition) is 3. The minimum atomic E-state index is -0.881. The number of benzene rings is 3. The summed E-state index contributed by atoms with van der Waals surface area (Å²) in [6.07, 6.45) is 1.37. The average molecular weight is 507 g/mol. The van der Waals surface area contributed by atoms with E-state index in [0.29, 0.717) is 27.9 Å². The number of carbonyl (C=O) groups is 3. The van der Waals surface area contributed by atoms with Crippen molar-refractivity contribution in [3.05, 3.63) is 94.5 Å². The summed E-state index contributed by atoms with van der Waals surface area (Å²) >= 11 is 6.03. The van der Waals surface area contributed by atoms with Crippen LogP contribution < -0.4 is 20.8 Å². The zero-order valence-electron chi connectivity index (χ0n) is 20.0. The van der Waals surface area contributed by atoms with Crippen molar-refractivity contribution < 1.29 is 19.1 Å². The molecule has 3 aromatic rings. The molecular formula is C27H27ClN4O4. The molecule has 3 amide bonds. The maximum atomic E-state index is 12.1. The lowest BCUT2D eigenvalue weighted by atomic mass is 10.0. The Balaban J connectivity index is 1.44. The molecule has 3 rings (SSSR count). The Morgan fingerprint density at radius 2 is 1.72 bits per heavy atom. The standard InChI is InChI=1S/C27H27ClN4O4/c1-18(2)21-12-10-19(11-13-21)15-29-26(34)27(35)32-30-16-20-6-5-7-22(14-20)36-17-25(33)31-24-9-4-3-8-23(24)28/h3-14,16,18H,15,17H2,1-2H3,(H,29,34)(H,31,33)(H,32,35)/b30-16-. The molecule has 0 aliphatic carbocycles. The van der Waals surface area contributed by atoms with Crippen molar-refractivity contribution in [2.45, 2.75) is 26.3 Å². The van der Waals surface area contributed by atoms with Crippen molar-refractivity contribution in [3.8, 4) is 5.75 Å². The minimum absolute atomic E-state index is 0.219. The fourth-order valence-corrected chi connectivity index (χ4v) is 3.26. The fourth-order valence-electron chi connectivity index (χ4n) is 3.08. The molecule has 186 valence electrons. The molecule has 0 spiro atoms. The number of carbonyl (C=O) groups excluding carboxylic acids is 3. The molecular weight excluding hydrogens is 480 g/mol. The van der Waals surface area contributed by atoms with Crippen LogP contribution in [0.5, 0.6) is 5.75 Å². The maximum Gasteiger partial charge on any atom is 0.329 e. The molecule has 0 atom stereocenters. The Morgan fingerprint density at radius 3 is 2.44 bits per heavy atom. The van der Waals surface area contributed by atoms with E-state index in [-0.39, 0.29) is 19.1 Å². The number of halogens is 1. The molecule has 0 aliphatic rings. The third kappa shape index (κ3) is 8.25. The third-order valence-electron chi connectivity index (χ3n) is 5.06. The van der Waals surface area contributed by atoms with Crippen molar-refractivity contribution in [2.24, 2.45) is 5.10 Å². The Bertz CT molecular complexity index is 1240. The van der Waals surface area contributed by atoms with E-state index in [1.165, 1.54) is 11.8 Å². The van der Waals surface area contributed by atoms with Crippen LogP contribution in [0.15, 0.2) is 77.9 Å². The van der Waals surface area contributed by atoms with Gasteiger partial charge >= 0.3 is 11.8 Å². The topological polar surface area (TPSA) is 109 Å². The van der Waals surface area contributed by atoms with Crippen LogP contribution in [0, 0.1) is 0 Å². The van der Waals surface area contributed by atoms with Crippen molar-refractivity contribution in [3.63, 3.8) is 0 Å². The first kappa shape index (κ1) is 26.4. The van der Waals surface area contributed by atoms with E-state index >= 15 is 0 Å². The quantitative estimate of drug-likeness (QED) is 0.229. The molecule has 0 aromatic heterocycles. The van der Waals surface area contributed by atoms with Gasteiger partial charge in [0.15, 0.2) is 6.61 Å². The maximum absolute atomic E-state index is 12.1. The molecule has 0 bridgehead atoms. The molecule has 0 fully saturated rings. The van der Waals surface area contributed by atoms with E-state index < -0.39 is 11.8 Å². The molecule has 0 saturated heterocycles. The summed E-state index contributed by atoms with van der Waals surface area (Å²) < 4.78 is 5.51. The van der Waals surface area contributed by atoms with Crippen LogP contribution in [0.4, 0.5) is 5.69 Å². The highest BCUT2D eigenvalue weighted by molar-refractivity contribution is 6.35. The monoisotopic (exact) mass is 506 g/mol. The highest BCUT2D eigenvalue weighted by Crippen LogP contribution is 2.20. The highest BCUT2D eigenvalue weighted by atomic mass is 35.5. The molecule has 36 heavy (non-hydrogen) atoms. The largest absolute Gasteiger partial charge is 0.484 e. The number of para-hydroxylation sites is 1. The number of rotatable bonds is 9. The van der Waals surface area contributed by atoms with Gasteiger partial charge in [0.05, 0.1) is 16.9 Å². The van der Waals surface area contributed by atoms with Crippen LogP contribution in [0.1, 0.15) is 36.5 Å². The average Bonchev–Trinajstić information content (AvgIpc) is 2.88. The number of anilines is 1. The third-order valence-corrected chi connectivity index (χ3v) is 5.39. The van der Waals surface area contributed by atoms with Crippen LogP contribution in [0.25, 0.3) is 0 Å². The van der Waals surface area contributed by atoms with Crippen molar-refractivity contribution >= 4 is 41.2 Å². The molecule has 0 radical (unpaired) electrons. The SMILES string of the molecule is CC(C)c1ccc(CNC(=O)C(=O)N/N=C\c2cccc(OCC(=O)Nc3ccccc3Cl)c2)cc1. The molecule has 3 N–H and O–H groups in total. The lowest BCUT2D eigenvalue weighted by molar-refractivity contribution is -0.139. The van der Waals surface area contributed by atoms with Crippen LogP contribution >= 0.6 is 11.6 Å². The smallest absolute Gasteiger partial charge is 0.329 e. The zero-order chi connectivity index (χ0) is 25.9. The normalized spacial score (nSPS) is 10.8. The fraction of sp³-hybridized carbons (Fsp3) is 0.185. The van der Waals surface area contributed by atoms with E-state index in [4.69, 9.17) is 16.3 Å². The van der Waals surface area contributed by atoms with E-state index in [2.05, 4.69) is 35.0 Å². The molecule has 0 saturated carbocycles. The Hall–Kier alpha value is -4.17. The van der Waals surface area contributed by atoms with Gasteiger partial charge in [0.1, 0.15) is 5.75 Å². The molecule has 9 heteroatoms. The summed E-state index contributed by atoms with van der Waals surface area (Å²) in [5.41, 5.74) is 5.39. The van der Waals surface area contributed by atoms with Gasteiger partial charge in [0.2, 0.25) is 0 Å². The van der Waals surface area contributed by atoms with Crippen LogP contribution in [0.2, 0.25) is 5.02 Å². The number of nitrogens with one attached hydrogen (secondary N) is 3. The van der Waals surface area contributed by atoms with Gasteiger partial charge in [-0.2, -0.15) is 5.10 Å². The lowest BCUT2D eigenvalue weighted by Gasteiger charge is -2.09. The van der Waals surface area contributed by atoms with Gasteiger partial charge in [-0.05, 0) is 46.9 Å².